The summed E-state index contributed by atoms with van der Waals surface area (Å²) in [5, 5.41) is 3.17. The maximum Gasteiger partial charge on any atom is 0.317 e. The lowest BCUT2D eigenvalue weighted by molar-refractivity contribution is -0.0928. The van der Waals surface area contributed by atoms with Gasteiger partial charge in [-0.05, 0) is 37.8 Å². The van der Waals surface area contributed by atoms with Gasteiger partial charge in [-0.2, -0.15) is 0 Å². The molecule has 2 aliphatic heterocycles. The summed E-state index contributed by atoms with van der Waals surface area (Å²) >= 11 is 0. The molecule has 0 radical (unpaired) electrons. The lowest BCUT2D eigenvalue weighted by atomic mass is 10.00. The second-order valence-corrected chi connectivity index (χ2v) is 8.07. The number of morpholine rings is 1. The zero-order valence-electron chi connectivity index (χ0n) is 15.9. The molecule has 2 heterocycles. The van der Waals surface area contributed by atoms with E-state index >= 15 is 0 Å². The summed E-state index contributed by atoms with van der Waals surface area (Å²) < 4.78 is 6.02. The Morgan fingerprint density at radius 1 is 1.04 bits per heavy atom. The van der Waals surface area contributed by atoms with Crippen molar-refractivity contribution in [2.24, 2.45) is 0 Å². The maximum absolute atomic E-state index is 12.8. The molecule has 1 aromatic rings. The SMILES string of the molecule is O=C(N[C@@H]1CCCN(C(=O)c2ccccc2)C1)N1CCOC2(CCCC2)C1. The van der Waals surface area contributed by atoms with Gasteiger partial charge in [-0.15, -0.1) is 0 Å². The van der Waals surface area contributed by atoms with Crippen LogP contribution in [-0.4, -0.2) is 66.2 Å². The number of piperidine rings is 1. The summed E-state index contributed by atoms with van der Waals surface area (Å²) in [4.78, 5) is 29.3. The number of rotatable bonds is 2. The summed E-state index contributed by atoms with van der Waals surface area (Å²) in [5.74, 6) is 0.0471. The average molecular weight is 371 g/mol. The quantitative estimate of drug-likeness (QED) is 0.869. The number of hydrogen-bond acceptors (Lipinski definition) is 3. The van der Waals surface area contributed by atoms with Gasteiger partial charge in [0.25, 0.3) is 5.91 Å². The lowest BCUT2D eigenvalue weighted by Crippen LogP contribution is -2.58. The Kier molecular flexibility index (Phi) is 5.34. The zero-order chi connectivity index (χ0) is 18.7. The summed E-state index contributed by atoms with van der Waals surface area (Å²) in [5.41, 5.74) is 0.595. The number of ether oxygens (including phenoxy) is 1. The summed E-state index contributed by atoms with van der Waals surface area (Å²) in [7, 11) is 0. The second kappa shape index (κ2) is 7.89. The van der Waals surface area contributed by atoms with Crippen molar-refractivity contribution in [3.05, 3.63) is 35.9 Å². The topological polar surface area (TPSA) is 61.9 Å². The van der Waals surface area contributed by atoms with Crippen LogP contribution in [0.4, 0.5) is 4.79 Å². The van der Waals surface area contributed by atoms with Crippen molar-refractivity contribution in [3.8, 4) is 0 Å². The van der Waals surface area contributed by atoms with Crippen molar-refractivity contribution in [1.29, 1.82) is 0 Å². The van der Waals surface area contributed by atoms with Gasteiger partial charge >= 0.3 is 6.03 Å². The Balaban J connectivity index is 1.33. The predicted molar refractivity (Wildman–Crippen MR) is 103 cm³/mol. The van der Waals surface area contributed by atoms with Crippen LogP contribution in [0.5, 0.6) is 0 Å². The van der Waals surface area contributed by atoms with E-state index in [4.69, 9.17) is 4.74 Å². The molecule has 27 heavy (non-hydrogen) atoms. The average Bonchev–Trinajstić information content (AvgIpc) is 3.15. The molecule has 3 aliphatic rings. The third-order valence-electron chi connectivity index (χ3n) is 6.11. The number of nitrogens with zero attached hydrogens (tertiary/aromatic N) is 2. The van der Waals surface area contributed by atoms with Crippen LogP contribution in [0.3, 0.4) is 0 Å². The van der Waals surface area contributed by atoms with Gasteiger partial charge in [-0.3, -0.25) is 4.79 Å². The van der Waals surface area contributed by atoms with Gasteiger partial charge in [-0.1, -0.05) is 31.0 Å². The minimum atomic E-state index is -0.114. The molecule has 0 aromatic heterocycles. The highest BCUT2D eigenvalue weighted by Gasteiger charge is 2.41. The first kappa shape index (κ1) is 18.3. The van der Waals surface area contributed by atoms with Gasteiger partial charge in [0.15, 0.2) is 0 Å². The van der Waals surface area contributed by atoms with Crippen LogP contribution in [0, 0.1) is 0 Å². The molecular weight excluding hydrogens is 342 g/mol. The number of urea groups is 1. The van der Waals surface area contributed by atoms with Crippen molar-refractivity contribution >= 4 is 11.9 Å². The Morgan fingerprint density at radius 2 is 1.81 bits per heavy atom. The molecule has 4 rings (SSSR count). The zero-order valence-corrected chi connectivity index (χ0v) is 15.9. The van der Waals surface area contributed by atoms with Gasteiger partial charge in [-0.25, -0.2) is 4.79 Å². The standard InChI is InChI=1S/C21H29N3O3/c25-19(17-7-2-1-3-8-17)23-12-6-9-18(15-23)22-20(26)24-13-14-27-21(16-24)10-4-5-11-21/h1-3,7-8,18H,4-6,9-16H2,(H,22,26)/t18-/m1/s1. The number of carbonyl (C=O) groups excluding carboxylic acids is 2. The number of nitrogens with one attached hydrogen (secondary N) is 1. The Bertz CT molecular complexity index is 673. The van der Waals surface area contributed by atoms with Gasteiger partial charge in [0.1, 0.15) is 0 Å². The molecule has 0 unspecified atom stereocenters. The van der Waals surface area contributed by atoms with Crippen molar-refractivity contribution < 1.29 is 14.3 Å². The van der Waals surface area contributed by atoms with Gasteiger partial charge in [0.05, 0.1) is 18.8 Å². The van der Waals surface area contributed by atoms with E-state index in [9.17, 15) is 9.59 Å². The first-order valence-corrected chi connectivity index (χ1v) is 10.2. The van der Waals surface area contributed by atoms with E-state index in [1.807, 2.05) is 40.1 Å². The van der Waals surface area contributed by atoms with E-state index < -0.39 is 0 Å². The van der Waals surface area contributed by atoms with Gasteiger partial charge in [0.2, 0.25) is 0 Å². The molecule has 3 fully saturated rings. The minimum absolute atomic E-state index is 0.0106. The molecule has 3 amide bonds. The van der Waals surface area contributed by atoms with Crippen molar-refractivity contribution in [3.63, 3.8) is 0 Å². The van der Waals surface area contributed by atoms with Crippen molar-refractivity contribution in [2.75, 3.05) is 32.8 Å². The van der Waals surface area contributed by atoms with Crippen LogP contribution >= 0.6 is 0 Å². The molecule has 6 heteroatoms. The third-order valence-corrected chi connectivity index (χ3v) is 6.11. The molecule has 2 saturated heterocycles. The number of carbonyl (C=O) groups is 2. The fourth-order valence-electron chi connectivity index (χ4n) is 4.65. The van der Waals surface area contributed by atoms with Crippen LogP contribution in [-0.2, 0) is 4.74 Å². The highest BCUT2D eigenvalue weighted by Crippen LogP contribution is 2.35. The fraction of sp³-hybridized carbons (Fsp3) is 0.619. The molecule has 146 valence electrons. The Morgan fingerprint density at radius 3 is 2.59 bits per heavy atom. The molecule has 1 N–H and O–H groups in total. The molecule has 1 saturated carbocycles. The second-order valence-electron chi connectivity index (χ2n) is 8.07. The van der Waals surface area contributed by atoms with E-state index in [1.165, 1.54) is 12.8 Å². The minimum Gasteiger partial charge on any atom is -0.371 e. The summed E-state index contributed by atoms with van der Waals surface area (Å²) in [6, 6.07) is 9.38. The van der Waals surface area contributed by atoms with Crippen LogP contribution in [0.1, 0.15) is 48.9 Å². The number of likely N-dealkylation sites (tertiary alicyclic amines) is 1. The van der Waals surface area contributed by atoms with Crippen LogP contribution in [0.15, 0.2) is 30.3 Å². The molecule has 6 nitrogen and oxygen atoms in total. The Hall–Kier alpha value is -2.08. The normalized spacial score (nSPS) is 24.8. The highest BCUT2D eigenvalue weighted by molar-refractivity contribution is 5.94. The lowest BCUT2D eigenvalue weighted by Gasteiger charge is -2.41. The Labute approximate surface area is 160 Å². The van der Waals surface area contributed by atoms with Crippen LogP contribution in [0.2, 0.25) is 0 Å². The fourth-order valence-corrected chi connectivity index (χ4v) is 4.65. The first-order chi connectivity index (χ1) is 13.2. The molecule has 1 spiro atoms. The van der Waals surface area contributed by atoms with E-state index in [0.717, 1.165) is 32.2 Å². The maximum atomic E-state index is 12.8. The summed E-state index contributed by atoms with van der Waals surface area (Å²) in [6.45, 7) is 3.29. The first-order valence-electron chi connectivity index (χ1n) is 10.2. The van der Waals surface area contributed by atoms with Crippen LogP contribution in [0.25, 0.3) is 0 Å². The van der Waals surface area contributed by atoms with Gasteiger partial charge in [0, 0.05) is 31.2 Å². The van der Waals surface area contributed by atoms with E-state index in [2.05, 4.69) is 5.32 Å². The largest absolute Gasteiger partial charge is 0.371 e. The monoisotopic (exact) mass is 371 g/mol. The van der Waals surface area contributed by atoms with E-state index in [0.29, 0.717) is 31.8 Å². The van der Waals surface area contributed by atoms with Crippen molar-refractivity contribution in [1.82, 2.24) is 15.1 Å². The van der Waals surface area contributed by atoms with Crippen molar-refractivity contribution in [2.45, 2.75) is 50.2 Å². The van der Waals surface area contributed by atoms with Crippen LogP contribution < -0.4 is 5.32 Å². The predicted octanol–water partition coefficient (Wildman–Crippen LogP) is 2.65. The number of benzene rings is 1. The summed E-state index contributed by atoms with van der Waals surface area (Å²) in [6.07, 6.45) is 6.32. The molecule has 1 atom stereocenters. The molecule has 1 aromatic carbocycles. The highest BCUT2D eigenvalue weighted by atomic mass is 16.5. The number of amides is 3. The van der Waals surface area contributed by atoms with Gasteiger partial charge < -0.3 is 19.9 Å². The smallest absolute Gasteiger partial charge is 0.317 e. The van der Waals surface area contributed by atoms with E-state index in [1.54, 1.807) is 0 Å². The molecule has 0 bridgehead atoms. The van der Waals surface area contributed by atoms with E-state index in [-0.39, 0.29) is 23.6 Å². The third kappa shape index (κ3) is 4.10. The number of hydrogen-bond donors (Lipinski definition) is 1. The molecular formula is C21H29N3O3. The molecule has 1 aliphatic carbocycles.